The molecule has 1 aliphatic heterocycles. The first-order valence-corrected chi connectivity index (χ1v) is 10.7. The molecule has 1 fully saturated rings. The van der Waals surface area contributed by atoms with E-state index >= 15 is 0 Å². The van der Waals surface area contributed by atoms with E-state index in [1.165, 1.54) is 4.90 Å². The number of hydrogen-bond donors (Lipinski definition) is 2. The van der Waals surface area contributed by atoms with Gasteiger partial charge in [0.2, 0.25) is 0 Å². The summed E-state index contributed by atoms with van der Waals surface area (Å²) >= 11 is 0. The number of hydrogen-bond acceptors (Lipinski definition) is 6. The van der Waals surface area contributed by atoms with E-state index in [0.717, 1.165) is 30.6 Å². The number of nitriles is 3. The number of benzene rings is 1. The minimum atomic E-state index is -1.71. The van der Waals surface area contributed by atoms with Gasteiger partial charge in [-0.1, -0.05) is 13.0 Å². The van der Waals surface area contributed by atoms with Gasteiger partial charge in [-0.15, -0.1) is 0 Å². The number of fused-ring (bicyclic) bond motifs is 1. The van der Waals surface area contributed by atoms with Crippen LogP contribution in [0.15, 0.2) is 29.8 Å². The molecule has 0 amide bonds. The standard InChI is InChI=1S/C24H27N5O2/c1-4-10-31-20-7-6-16(11-21(20)30-3)22-19-13-29(5-2)9-8-17(19)18(12-25)23(28)24(22,14-26)15-27/h6-8,11,18-19,22,28H,4-5,9-10,13H2,1-3H3/p+1/t18-,19+,22-/m0/s1. The van der Waals surface area contributed by atoms with E-state index in [9.17, 15) is 15.8 Å². The second-order valence-corrected chi connectivity index (χ2v) is 8.07. The predicted octanol–water partition coefficient (Wildman–Crippen LogP) is 2.24. The third-order valence-corrected chi connectivity index (χ3v) is 6.47. The molecule has 31 heavy (non-hydrogen) atoms. The van der Waals surface area contributed by atoms with Crippen molar-refractivity contribution < 1.29 is 14.4 Å². The topological polar surface area (TPSA) is 118 Å². The summed E-state index contributed by atoms with van der Waals surface area (Å²) in [4.78, 5) is 1.32. The molecule has 0 bridgehead atoms. The Morgan fingerprint density at radius 2 is 1.94 bits per heavy atom. The zero-order chi connectivity index (χ0) is 22.6. The molecule has 0 radical (unpaired) electrons. The van der Waals surface area contributed by atoms with Gasteiger partial charge in [-0.2, -0.15) is 15.8 Å². The predicted molar refractivity (Wildman–Crippen MR) is 115 cm³/mol. The highest BCUT2D eigenvalue weighted by atomic mass is 16.5. The number of likely N-dealkylation sites (N-methyl/N-ethyl adjacent to an activating group) is 1. The Kier molecular flexibility index (Phi) is 6.64. The van der Waals surface area contributed by atoms with Crippen LogP contribution in [-0.2, 0) is 0 Å². The maximum atomic E-state index is 10.2. The molecule has 1 saturated carbocycles. The van der Waals surface area contributed by atoms with Crippen LogP contribution in [0.1, 0.15) is 31.7 Å². The molecular weight excluding hydrogens is 390 g/mol. The second kappa shape index (κ2) is 9.21. The lowest BCUT2D eigenvalue weighted by atomic mass is 9.54. The van der Waals surface area contributed by atoms with E-state index in [0.29, 0.717) is 24.7 Å². The monoisotopic (exact) mass is 418 g/mol. The number of rotatable bonds is 6. The summed E-state index contributed by atoms with van der Waals surface area (Å²) in [6.45, 7) is 7.06. The third kappa shape index (κ3) is 3.65. The van der Waals surface area contributed by atoms with Gasteiger partial charge in [0, 0.05) is 11.8 Å². The summed E-state index contributed by atoms with van der Waals surface area (Å²) in [6.07, 6.45) is 2.90. The summed E-state index contributed by atoms with van der Waals surface area (Å²) in [6, 6.07) is 11.9. The van der Waals surface area contributed by atoms with Crippen LogP contribution in [0.3, 0.4) is 0 Å². The molecule has 7 nitrogen and oxygen atoms in total. The molecule has 1 aromatic carbocycles. The Hall–Kier alpha value is -3.34. The number of quaternary nitrogens is 1. The summed E-state index contributed by atoms with van der Waals surface area (Å²) in [5.74, 6) is -0.456. The summed E-state index contributed by atoms with van der Waals surface area (Å²) in [5.41, 5.74) is -0.230. The fourth-order valence-corrected chi connectivity index (χ4v) is 4.84. The van der Waals surface area contributed by atoms with Crippen LogP contribution in [0.5, 0.6) is 11.5 Å². The first kappa shape index (κ1) is 22.3. The average molecular weight is 419 g/mol. The van der Waals surface area contributed by atoms with Gasteiger partial charge in [0.1, 0.15) is 5.92 Å². The van der Waals surface area contributed by atoms with Crippen molar-refractivity contribution in [2.45, 2.75) is 26.2 Å². The Morgan fingerprint density at radius 1 is 1.19 bits per heavy atom. The number of nitrogens with zero attached hydrogens (tertiary/aromatic N) is 3. The lowest BCUT2D eigenvalue weighted by molar-refractivity contribution is -0.897. The van der Waals surface area contributed by atoms with E-state index in [-0.39, 0.29) is 11.6 Å². The lowest BCUT2D eigenvalue weighted by Crippen LogP contribution is -3.13. The van der Waals surface area contributed by atoms with Gasteiger partial charge < -0.3 is 19.8 Å². The zero-order valence-electron chi connectivity index (χ0n) is 18.2. The first-order valence-electron chi connectivity index (χ1n) is 10.7. The average Bonchev–Trinajstić information content (AvgIpc) is 2.81. The van der Waals surface area contributed by atoms with Crippen LogP contribution < -0.4 is 14.4 Å². The molecule has 7 heteroatoms. The molecule has 1 aliphatic carbocycles. The fraction of sp³-hybridized carbons (Fsp3) is 0.500. The number of nitrogens with one attached hydrogen (secondary N) is 2. The van der Waals surface area contributed by atoms with Gasteiger partial charge in [-0.3, -0.25) is 0 Å². The van der Waals surface area contributed by atoms with Crippen molar-refractivity contribution in [3.63, 3.8) is 0 Å². The molecule has 1 heterocycles. The van der Waals surface area contributed by atoms with Crippen molar-refractivity contribution in [1.82, 2.24) is 0 Å². The van der Waals surface area contributed by atoms with Gasteiger partial charge in [-0.05, 0) is 42.7 Å². The van der Waals surface area contributed by atoms with Gasteiger partial charge in [0.05, 0.1) is 57.3 Å². The Labute approximate surface area is 183 Å². The van der Waals surface area contributed by atoms with Crippen molar-refractivity contribution in [2.24, 2.45) is 17.3 Å². The highest BCUT2D eigenvalue weighted by Crippen LogP contribution is 2.53. The normalized spacial score (nSPS) is 26.5. The fourth-order valence-electron chi connectivity index (χ4n) is 4.84. The SMILES string of the molecule is CCCOc1ccc([C@H]2[C@@H]3C[NH+](CC)CC=C3[C@H](C#N)C(=N)C2(C#N)C#N)cc1OC. The molecule has 2 aliphatic rings. The molecule has 4 atom stereocenters. The minimum absolute atomic E-state index is 0.127. The molecule has 160 valence electrons. The van der Waals surface area contributed by atoms with Crippen molar-refractivity contribution in [2.75, 3.05) is 33.4 Å². The van der Waals surface area contributed by atoms with Crippen LogP contribution in [0.4, 0.5) is 0 Å². The van der Waals surface area contributed by atoms with Gasteiger partial charge in [-0.25, -0.2) is 0 Å². The van der Waals surface area contributed by atoms with Crippen molar-refractivity contribution in [3.8, 4) is 29.7 Å². The van der Waals surface area contributed by atoms with Gasteiger partial charge in [0.15, 0.2) is 16.9 Å². The molecule has 0 saturated heterocycles. The van der Waals surface area contributed by atoms with E-state index in [1.807, 2.05) is 25.1 Å². The zero-order valence-corrected chi connectivity index (χ0v) is 18.2. The minimum Gasteiger partial charge on any atom is -0.493 e. The van der Waals surface area contributed by atoms with Crippen molar-refractivity contribution in [3.05, 3.63) is 35.4 Å². The summed E-state index contributed by atoms with van der Waals surface area (Å²) in [5, 5.41) is 38.8. The smallest absolute Gasteiger partial charge is 0.189 e. The number of ether oxygens (including phenoxy) is 2. The van der Waals surface area contributed by atoms with Crippen LogP contribution in [-0.4, -0.2) is 39.1 Å². The molecule has 3 rings (SSSR count). The second-order valence-electron chi connectivity index (χ2n) is 8.07. The van der Waals surface area contributed by atoms with Crippen LogP contribution in [0.2, 0.25) is 0 Å². The van der Waals surface area contributed by atoms with Crippen LogP contribution in [0, 0.1) is 56.7 Å². The summed E-state index contributed by atoms with van der Waals surface area (Å²) in [7, 11) is 1.56. The van der Waals surface area contributed by atoms with Crippen molar-refractivity contribution in [1.29, 1.82) is 21.2 Å². The van der Waals surface area contributed by atoms with Crippen molar-refractivity contribution >= 4 is 5.71 Å². The van der Waals surface area contributed by atoms with Gasteiger partial charge >= 0.3 is 0 Å². The Balaban J connectivity index is 2.19. The van der Waals surface area contributed by atoms with E-state index in [4.69, 9.17) is 14.9 Å². The molecular formula is C24H28N5O2+. The third-order valence-electron chi connectivity index (χ3n) is 6.47. The van der Waals surface area contributed by atoms with E-state index in [1.54, 1.807) is 13.2 Å². The number of methoxy groups -OCH3 is 1. The van der Waals surface area contributed by atoms with E-state index in [2.05, 4.69) is 25.1 Å². The highest BCUT2D eigenvalue weighted by molar-refractivity contribution is 6.00. The van der Waals surface area contributed by atoms with Crippen LogP contribution >= 0.6 is 0 Å². The van der Waals surface area contributed by atoms with Gasteiger partial charge in [0.25, 0.3) is 0 Å². The molecule has 1 unspecified atom stereocenters. The van der Waals surface area contributed by atoms with Crippen LogP contribution in [0.25, 0.3) is 0 Å². The highest BCUT2D eigenvalue weighted by Gasteiger charge is 2.58. The molecule has 1 aromatic rings. The Bertz CT molecular complexity index is 996. The Morgan fingerprint density at radius 3 is 2.52 bits per heavy atom. The lowest BCUT2D eigenvalue weighted by Gasteiger charge is -2.46. The molecule has 2 N–H and O–H groups in total. The first-order chi connectivity index (χ1) is 15.0. The summed E-state index contributed by atoms with van der Waals surface area (Å²) < 4.78 is 11.3. The van der Waals surface area contributed by atoms with E-state index < -0.39 is 17.3 Å². The quantitative estimate of drug-likeness (QED) is 0.687. The largest absolute Gasteiger partial charge is 0.493 e. The molecule has 0 spiro atoms. The maximum absolute atomic E-state index is 10.2. The molecule has 0 aromatic heterocycles. The maximum Gasteiger partial charge on any atom is 0.189 e.